The molecule has 0 aliphatic carbocycles. The molecule has 0 fully saturated rings. The predicted molar refractivity (Wildman–Crippen MR) is 100 cm³/mol. The van der Waals surface area contributed by atoms with E-state index in [-0.39, 0.29) is 17.3 Å². The Morgan fingerprint density at radius 1 is 1.00 bits per heavy atom. The first-order valence-electron chi connectivity index (χ1n) is 8.14. The average molecular weight is 360 g/mol. The zero-order valence-corrected chi connectivity index (χ0v) is 15.6. The summed E-state index contributed by atoms with van der Waals surface area (Å²) in [6.45, 7) is 3.06. The highest BCUT2D eigenvalue weighted by Gasteiger charge is 2.10. The number of aryl methyl sites for hydroxylation is 1. The summed E-state index contributed by atoms with van der Waals surface area (Å²) < 4.78 is 22.9. The van der Waals surface area contributed by atoms with E-state index in [2.05, 4.69) is 36.5 Å². The summed E-state index contributed by atoms with van der Waals surface area (Å²) in [4.78, 5) is 14.3. The molecule has 0 saturated carbocycles. The van der Waals surface area contributed by atoms with Crippen molar-refractivity contribution in [2.24, 2.45) is 0 Å². The average Bonchev–Trinajstić information content (AvgIpc) is 2.55. The number of likely N-dealkylation sites (N-methyl/N-ethyl adjacent to an activating group) is 1. The number of nitrogens with one attached hydrogen (secondary N) is 1. The van der Waals surface area contributed by atoms with Gasteiger partial charge in [0.05, 0.1) is 11.4 Å². The monoisotopic (exact) mass is 360 g/mol. The van der Waals surface area contributed by atoms with Gasteiger partial charge in [-0.3, -0.25) is 9.69 Å². The van der Waals surface area contributed by atoms with Crippen LogP contribution in [0.3, 0.4) is 0 Å². The second kappa shape index (κ2) is 8.27. The molecule has 0 atom stereocenters. The van der Waals surface area contributed by atoms with Gasteiger partial charge in [0.2, 0.25) is 5.91 Å². The Balaban J connectivity index is 1.88. The second-order valence-electron chi connectivity index (χ2n) is 6.19. The molecule has 25 heavy (non-hydrogen) atoms. The summed E-state index contributed by atoms with van der Waals surface area (Å²) in [6, 6.07) is 14.5. The Bertz CT molecular complexity index is 813. The first kappa shape index (κ1) is 19.1. The molecule has 0 unspecified atom stereocenters. The maximum atomic E-state index is 12.1. The highest BCUT2D eigenvalue weighted by molar-refractivity contribution is 7.90. The van der Waals surface area contributed by atoms with Crippen LogP contribution >= 0.6 is 0 Å². The zero-order valence-electron chi connectivity index (χ0n) is 14.8. The summed E-state index contributed by atoms with van der Waals surface area (Å²) in [6.07, 6.45) is 2.17. The van der Waals surface area contributed by atoms with Crippen LogP contribution in [0.1, 0.15) is 18.1 Å². The summed E-state index contributed by atoms with van der Waals surface area (Å²) in [7, 11) is -1.34. The summed E-state index contributed by atoms with van der Waals surface area (Å²) in [5.74, 6) is -0.139. The molecule has 0 aliphatic heterocycles. The van der Waals surface area contributed by atoms with Crippen LogP contribution in [0.25, 0.3) is 0 Å². The first-order chi connectivity index (χ1) is 11.8. The largest absolute Gasteiger partial charge is 0.325 e. The third-order valence-electron chi connectivity index (χ3n) is 3.86. The van der Waals surface area contributed by atoms with E-state index in [9.17, 15) is 13.2 Å². The SMILES string of the molecule is CCc1ccc(CN(C)CC(=O)Nc2ccc(S(C)(=O)=O)cc2)cc1. The number of rotatable bonds is 7. The van der Waals surface area contributed by atoms with Crippen LogP contribution in [-0.4, -0.2) is 39.1 Å². The van der Waals surface area contributed by atoms with Gasteiger partial charge in [-0.2, -0.15) is 0 Å². The van der Waals surface area contributed by atoms with Gasteiger partial charge < -0.3 is 5.32 Å². The molecule has 2 rings (SSSR count). The lowest BCUT2D eigenvalue weighted by Gasteiger charge is -2.16. The van der Waals surface area contributed by atoms with Crippen LogP contribution in [0.15, 0.2) is 53.4 Å². The van der Waals surface area contributed by atoms with Crippen LogP contribution in [0.4, 0.5) is 5.69 Å². The summed E-state index contributed by atoms with van der Waals surface area (Å²) in [5, 5.41) is 2.78. The number of benzene rings is 2. The minimum atomic E-state index is -3.23. The lowest BCUT2D eigenvalue weighted by molar-refractivity contribution is -0.117. The van der Waals surface area contributed by atoms with E-state index in [0.29, 0.717) is 12.2 Å². The fourth-order valence-electron chi connectivity index (χ4n) is 2.48. The molecule has 1 amide bonds. The molecule has 0 spiro atoms. The molecule has 0 aliphatic rings. The number of amides is 1. The van der Waals surface area contributed by atoms with E-state index in [1.54, 1.807) is 12.1 Å². The molecule has 0 saturated heterocycles. The van der Waals surface area contributed by atoms with E-state index in [0.717, 1.165) is 18.2 Å². The van der Waals surface area contributed by atoms with Crippen molar-refractivity contribution in [3.8, 4) is 0 Å². The van der Waals surface area contributed by atoms with Crippen LogP contribution in [0.5, 0.6) is 0 Å². The fraction of sp³-hybridized carbons (Fsp3) is 0.316. The number of anilines is 1. The van der Waals surface area contributed by atoms with Crippen LogP contribution in [0.2, 0.25) is 0 Å². The molecular weight excluding hydrogens is 336 g/mol. The van der Waals surface area contributed by atoms with Gasteiger partial charge in [-0.05, 0) is 48.9 Å². The first-order valence-corrected chi connectivity index (χ1v) is 10.0. The van der Waals surface area contributed by atoms with E-state index in [1.165, 1.54) is 17.7 Å². The smallest absolute Gasteiger partial charge is 0.238 e. The van der Waals surface area contributed by atoms with Gasteiger partial charge in [0.15, 0.2) is 9.84 Å². The quantitative estimate of drug-likeness (QED) is 0.824. The Morgan fingerprint density at radius 2 is 1.56 bits per heavy atom. The highest BCUT2D eigenvalue weighted by Crippen LogP contribution is 2.14. The van der Waals surface area contributed by atoms with Gasteiger partial charge >= 0.3 is 0 Å². The minimum Gasteiger partial charge on any atom is -0.325 e. The van der Waals surface area contributed by atoms with Crippen molar-refractivity contribution >= 4 is 21.4 Å². The number of carbonyl (C=O) groups is 1. The van der Waals surface area contributed by atoms with Crippen molar-refractivity contribution in [1.29, 1.82) is 0 Å². The van der Waals surface area contributed by atoms with Gasteiger partial charge in [-0.1, -0.05) is 31.2 Å². The number of hydrogen-bond acceptors (Lipinski definition) is 4. The highest BCUT2D eigenvalue weighted by atomic mass is 32.2. The van der Waals surface area contributed by atoms with E-state index in [4.69, 9.17) is 0 Å². The van der Waals surface area contributed by atoms with Crippen LogP contribution in [-0.2, 0) is 27.6 Å². The Hall–Kier alpha value is -2.18. The third-order valence-corrected chi connectivity index (χ3v) is 4.99. The maximum Gasteiger partial charge on any atom is 0.238 e. The zero-order chi connectivity index (χ0) is 18.4. The lowest BCUT2D eigenvalue weighted by atomic mass is 10.1. The van der Waals surface area contributed by atoms with Crippen molar-refractivity contribution in [3.05, 3.63) is 59.7 Å². The number of carbonyl (C=O) groups excluding carboxylic acids is 1. The molecule has 0 heterocycles. The minimum absolute atomic E-state index is 0.139. The molecule has 134 valence electrons. The maximum absolute atomic E-state index is 12.1. The second-order valence-corrected chi connectivity index (χ2v) is 8.20. The van der Waals surface area contributed by atoms with E-state index in [1.807, 2.05) is 11.9 Å². The van der Waals surface area contributed by atoms with Crippen LogP contribution < -0.4 is 5.32 Å². The molecule has 6 heteroatoms. The number of nitrogens with zero attached hydrogens (tertiary/aromatic N) is 1. The predicted octanol–water partition coefficient (Wildman–Crippen LogP) is 2.72. The molecule has 0 bridgehead atoms. The Labute approximate surface area is 149 Å². The van der Waals surface area contributed by atoms with Crippen LogP contribution in [0, 0.1) is 0 Å². The molecule has 0 aromatic heterocycles. The molecule has 2 aromatic rings. The van der Waals surface area contributed by atoms with Gasteiger partial charge in [0, 0.05) is 18.5 Å². The topological polar surface area (TPSA) is 66.5 Å². The van der Waals surface area contributed by atoms with Crippen molar-refractivity contribution in [2.45, 2.75) is 24.8 Å². The van der Waals surface area contributed by atoms with Gasteiger partial charge in [0.1, 0.15) is 0 Å². The standard InChI is InChI=1S/C19H24N2O3S/c1-4-15-5-7-16(8-6-15)13-21(2)14-19(22)20-17-9-11-18(12-10-17)25(3,23)24/h5-12H,4,13-14H2,1-3H3,(H,20,22). The molecule has 1 N–H and O–H groups in total. The number of sulfone groups is 1. The number of hydrogen-bond donors (Lipinski definition) is 1. The van der Waals surface area contributed by atoms with E-state index >= 15 is 0 Å². The summed E-state index contributed by atoms with van der Waals surface area (Å²) >= 11 is 0. The van der Waals surface area contributed by atoms with E-state index < -0.39 is 9.84 Å². The lowest BCUT2D eigenvalue weighted by Crippen LogP contribution is -2.29. The van der Waals surface area contributed by atoms with Crippen molar-refractivity contribution in [2.75, 3.05) is 25.2 Å². The molecule has 5 nitrogen and oxygen atoms in total. The normalized spacial score (nSPS) is 11.5. The third kappa shape index (κ3) is 5.99. The van der Waals surface area contributed by atoms with Crippen molar-refractivity contribution in [3.63, 3.8) is 0 Å². The summed E-state index contributed by atoms with van der Waals surface area (Å²) in [5.41, 5.74) is 3.03. The Morgan fingerprint density at radius 3 is 2.08 bits per heavy atom. The molecular formula is C19H24N2O3S. The van der Waals surface area contributed by atoms with Crippen molar-refractivity contribution < 1.29 is 13.2 Å². The van der Waals surface area contributed by atoms with Gasteiger partial charge in [-0.15, -0.1) is 0 Å². The van der Waals surface area contributed by atoms with Crippen molar-refractivity contribution in [1.82, 2.24) is 4.90 Å². The Kier molecular flexibility index (Phi) is 6.33. The molecule has 2 aromatic carbocycles. The fourth-order valence-corrected chi connectivity index (χ4v) is 3.11. The van der Waals surface area contributed by atoms with Gasteiger partial charge in [0.25, 0.3) is 0 Å². The molecule has 0 radical (unpaired) electrons. The van der Waals surface area contributed by atoms with Gasteiger partial charge in [-0.25, -0.2) is 8.42 Å².